The average Bonchev–Trinajstić information content (AvgIpc) is 3.06. The summed E-state index contributed by atoms with van der Waals surface area (Å²) in [4.78, 5) is 11.8. The number of rotatable bonds is 4. The molecule has 0 spiro atoms. The first-order valence-corrected chi connectivity index (χ1v) is 5.92. The second kappa shape index (κ2) is 4.54. The first kappa shape index (κ1) is 11.6. The Kier molecular flexibility index (Phi) is 3.29. The van der Waals surface area contributed by atoms with E-state index in [0.717, 1.165) is 12.8 Å². The molecule has 16 heavy (non-hydrogen) atoms. The van der Waals surface area contributed by atoms with Crippen molar-refractivity contribution >= 4 is 17.4 Å². The monoisotopic (exact) mass is 240 g/mol. The van der Waals surface area contributed by atoms with Crippen LogP contribution >= 0.6 is 11.6 Å². The van der Waals surface area contributed by atoms with Crippen molar-refractivity contribution in [1.29, 1.82) is 0 Å². The normalized spacial score (nSPS) is 17.2. The fraction of sp³-hybridized carbons (Fsp3) is 0.462. The van der Waals surface area contributed by atoms with Gasteiger partial charge in [-0.25, -0.2) is 4.39 Å². The second-order valence-electron chi connectivity index (χ2n) is 4.50. The average molecular weight is 241 g/mol. The molecular weight excluding hydrogens is 227 g/mol. The van der Waals surface area contributed by atoms with Gasteiger partial charge in [0.2, 0.25) is 0 Å². The van der Waals surface area contributed by atoms with Crippen LogP contribution in [0, 0.1) is 17.7 Å². The van der Waals surface area contributed by atoms with Crippen LogP contribution in [-0.4, -0.2) is 5.78 Å². The summed E-state index contributed by atoms with van der Waals surface area (Å²) in [6, 6.07) is 4.34. The lowest BCUT2D eigenvalue weighted by molar-refractivity contribution is -0.122. The van der Waals surface area contributed by atoms with E-state index in [1.54, 1.807) is 0 Å². The van der Waals surface area contributed by atoms with Crippen LogP contribution in [0.2, 0.25) is 5.02 Å². The highest BCUT2D eigenvalue weighted by atomic mass is 35.5. The minimum absolute atomic E-state index is 0.0541. The Morgan fingerprint density at radius 3 is 2.88 bits per heavy atom. The van der Waals surface area contributed by atoms with Gasteiger partial charge in [0, 0.05) is 17.4 Å². The molecule has 0 aliphatic heterocycles. The Balaban J connectivity index is 2.07. The van der Waals surface area contributed by atoms with Crippen LogP contribution in [0.1, 0.15) is 25.3 Å². The smallest absolute Gasteiger partial charge is 0.140 e. The molecule has 2 rings (SSSR count). The summed E-state index contributed by atoms with van der Waals surface area (Å²) in [6.45, 7) is 1.93. The highest BCUT2D eigenvalue weighted by molar-refractivity contribution is 6.30. The van der Waals surface area contributed by atoms with Gasteiger partial charge in [0.25, 0.3) is 0 Å². The molecule has 1 aliphatic rings. The molecule has 1 aliphatic carbocycles. The van der Waals surface area contributed by atoms with Crippen LogP contribution in [0.3, 0.4) is 0 Å². The van der Waals surface area contributed by atoms with Gasteiger partial charge in [-0.3, -0.25) is 4.79 Å². The van der Waals surface area contributed by atoms with E-state index in [1.165, 1.54) is 18.2 Å². The van der Waals surface area contributed by atoms with E-state index in [4.69, 9.17) is 11.6 Å². The first-order chi connectivity index (χ1) is 7.58. The van der Waals surface area contributed by atoms with Crippen LogP contribution in [0.4, 0.5) is 4.39 Å². The van der Waals surface area contributed by atoms with Gasteiger partial charge >= 0.3 is 0 Å². The Labute approximate surface area is 99.6 Å². The van der Waals surface area contributed by atoms with E-state index in [0.29, 0.717) is 16.5 Å². The van der Waals surface area contributed by atoms with Crippen molar-refractivity contribution in [2.24, 2.45) is 11.8 Å². The molecule has 1 fully saturated rings. The summed E-state index contributed by atoms with van der Waals surface area (Å²) in [6.07, 6.45) is 2.42. The molecule has 1 saturated carbocycles. The Morgan fingerprint density at radius 2 is 2.25 bits per heavy atom. The zero-order chi connectivity index (χ0) is 11.7. The largest absolute Gasteiger partial charge is 0.299 e. The summed E-state index contributed by atoms with van der Waals surface area (Å²) in [5, 5.41) is 0.475. The van der Waals surface area contributed by atoms with Gasteiger partial charge in [0.15, 0.2) is 0 Å². The van der Waals surface area contributed by atoms with E-state index in [9.17, 15) is 9.18 Å². The van der Waals surface area contributed by atoms with Gasteiger partial charge in [-0.1, -0.05) is 18.5 Å². The Bertz CT molecular complexity index is 412. The molecular formula is C13H14ClFO. The van der Waals surface area contributed by atoms with Crippen molar-refractivity contribution in [3.8, 4) is 0 Å². The summed E-state index contributed by atoms with van der Waals surface area (Å²) < 4.78 is 13.4. The minimum Gasteiger partial charge on any atom is -0.299 e. The number of carbonyl (C=O) groups excluding carboxylic acids is 1. The molecule has 1 aromatic rings. The predicted molar refractivity (Wildman–Crippen MR) is 62.0 cm³/mol. The van der Waals surface area contributed by atoms with E-state index >= 15 is 0 Å². The van der Waals surface area contributed by atoms with Crippen molar-refractivity contribution in [3.63, 3.8) is 0 Å². The van der Waals surface area contributed by atoms with Crippen molar-refractivity contribution in [3.05, 3.63) is 34.6 Å². The third-order valence-electron chi connectivity index (χ3n) is 3.21. The molecule has 86 valence electrons. The zero-order valence-electron chi connectivity index (χ0n) is 9.17. The molecule has 0 N–H and O–H groups in total. The predicted octanol–water partition coefficient (Wildman–Crippen LogP) is 3.64. The van der Waals surface area contributed by atoms with Crippen LogP contribution in [-0.2, 0) is 11.2 Å². The van der Waals surface area contributed by atoms with Crippen LogP contribution in [0.25, 0.3) is 0 Å². The lowest BCUT2D eigenvalue weighted by Gasteiger charge is -2.09. The van der Waals surface area contributed by atoms with Crippen molar-refractivity contribution in [2.45, 2.75) is 26.2 Å². The van der Waals surface area contributed by atoms with Gasteiger partial charge in [-0.2, -0.15) is 0 Å². The Hall–Kier alpha value is -0.890. The molecule has 1 nitrogen and oxygen atoms in total. The maximum atomic E-state index is 13.4. The molecule has 0 saturated heterocycles. The fourth-order valence-corrected chi connectivity index (χ4v) is 2.08. The van der Waals surface area contributed by atoms with Gasteiger partial charge in [-0.15, -0.1) is 0 Å². The lowest BCUT2D eigenvalue weighted by Crippen LogP contribution is -2.16. The van der Waals surface area contributed by atoms with Gasteiger partial charge in [0.05, 0.1) is 0 Å². The number of ketones is 1. The molecule has 1 unspecified atom stereocenters. The zero-order valence-corrected chi connectivity index (χ0v) is 9.93. The first-order valence-electron chi connectivity index (χ1n) is 5.54. The van der Waals surface area contributed by atoms with E-state index in [-0.39, 0.29) is 23.9 Å². The summed E-state index contributed by atoms with van der Waals surface area (Å²) in [5.41, 5.74) is 0.407. The summed E-state index contributed by atoms with van der Waals surface area (Å²) in [5.74, 6) is 0.345. The van der Waals surface area contributed by atoms with Crippen molar-refractivity contribution < 1.29 is 9.18 Å². The molecule has 0 heterocycles. The fourth-order valence-electron chi connectivity index (χ4n) is 1.89. The SMILES string of the molecule is CC(C(=O)Cc1cc(Cl)ccc1F)C1CC1. The number of carbonyl (C=O) groups is 1. The van der Waals surface area contributed by atoms with Gasteiger partial charge in [0.1, 0.15) is 11.6 Å². The van der Waals surface area contributed by atoms with E-state index < -0.39 is 0 Å². The summed E-state index contributed by atoms with van der Waals surface area (Å²) >= 11 is 5.78. The second-order valence-corrected chi connectivity index (χ2v) is 4.94. The molecule has 0 radical (unpaired) electrons. The van der Waals surface area contributed by atoms with Gasteiger partial charge < -0.3 is 0 Å². The quantitative estimate of drug-likeness (QED) is 0.785. The molecule has 1 aromatic carbocycles. The van der Waals surface area contributed by atoms with E-state index in [2.05, 4.69) is 0 Å². The highest BCUT2D eigenvalue weighted by Crippen LogP contribution is 2.37. The van der Waals surface area contributed by atoms with Crippen LogP contribution in [0.15, 0.2) is 18.2 Å². The van der Waals surface area contributed by atoms with Gasteiger partial charge in [-0.05, 0) is 42.5 Å². The number of benzene rings is 1. The lowest BCUT2D eigenvalue weighted by atomic mass is 9.95. The van der Waals surface area contributed by atoms with Crippen LogP contribution in [0.5, 0.6) is 0 Å². The standard InChI is InChI=1S/C13H14ClFO/c1-8(9-2-3-9)13(16)7-10-6-11(14)4-5-12(10)15/h4-6,8-9H,2-3,7H2,1H3. The number of hydrogen-bond acceptors (Lipinski definition) is 1. The maximum Gasteiger partial charge on any atom is 0.140 e. The molecule has 0 aromatic heterocycles. The number of halogens is 2. The molecule has 1 atom stereocenters. The topological polar surface area (TPSA) is 17.1 Å². The highest BCUT2D eigenvalue weighted by Gasteiger charge is 2.32. The van der Waals surface area contributed by atoms with Crippen LogP contribution < -0.4 is 0 Å². The molecule has 3 heteroatoms. The Morgan fingerprint density at radius 1 is 1.56 bits per heavy atom. The van der Waals surface area contributed by atoms with Crippen molar-refractivity contribution in [2.75, 3.05) is 0 Å². The third-order valence-corrected chi connectivity index (χ3v) is 3.44. The number of hydrogen-bond donors (Lipinski definition) is 0. The molecule has 0 amide bonds. The van der Waals surface area contributed by atoms with E-state index in [1.807, 2.05) is 6.92 Å². The summed E-state index contributed by atoms with van der Waals surface area (Å²) in [7, 11) is 0. The number of Topliss-reactive ketones (excluding diaryl/α,β-unsaturated/α-hetero) is 1. The van der Waals surface area contributed by atoms with Crippen molar-refractivity contribution in [1.82, 2.24) is 0 Å². The third kappa shape index (κ3) is 2.62. The molecule has 0 bridgehead atoms. The minimum atomic E-state index is -0.347. The maximum absolute atomic E-state index is 13.4.